The Morgan fingerprint density at radius 3 is 2.43 bits per heavy atom. The molecule has 3 atom stereocenters. The minimum atomic E-state index is -0.0267. The van der Waals surface area contributed by atoms with Crippen LogP contribution in [0, 0.1) is 0 Å². The lowest BCUT2D eigenvalue weighted by atomic mass is 10.1. The molecule has 1 heterocycles. The normalized spacial score (nSPS) is 35.6. The van der Waals surface area contributed by atoms with Gasteiger partial charge in [-0.05, 0) is 27.9 Å². The predicted octanol–water partition coefficient (Wildman–Crippen LogP) is -0.245. The van der Waals surface area contributed by atoms with Crippen LogP contribution in [-0.4, -0.2) is 61.5 Å². The molecule has 3 unspecified atom stereocenters. The zero-order valence-electron chi connectivity index (χ0n) is 9.74. The Morgan fingerprint density at radius 1 is 1.36 bits per heavy atom. The van der Waals surface area contributed by atoms with Crippen molar-refractivity contribution in [1.82, 2.24) is 15.1 Å². The molecule has 1 saturated heterocycles. The lowest BCUT2D eigenvalue weighted by Gasteiger charge is -2.46. The second kappa shape index (κ2) is 4.28. The van der Waals surface area contributed by atoms with Crippen molar-refractivity contribution in [3.63, 3.8) is 0 Å². The van der Waals surface area contributed by atoms with Crippen LogP contribution in [0.2, 0.25) is 0 Å². The molecular formula is C10H21N3O. The molecule has 0 saturated carbocycles. The minimum Gasteiger partial charge on any atom is -0.358 e. The summed E-state index contributed by atoms with van der Waals surface area (Å²) in [5.41, 5.74) is 0. The molecule has 0 aromatic rings. The van der Waals surface area contributed by atoms with Gasteiger partial charge < -0.3 is 5.32 Å². The van der Waals surface area contributed by atoms with E-state index in [0.29, 0.717) is 6.04 Å². The second-order valence-electron chi connectivity index (χ2n) is 4.25. The van der Waals surface area contributed by atoms with Crippen LogP contribution in [0.25, 0.3) is 0 Å². The Hall–Kier alpha value is -0.610. The maximum absolute atomic E-state index is 11.7. The molecule has 0 radical (unpaired) electrons. The van der Waals surface area contributed by atoms with Crippen molar-refractivity contribution in [2.45, 2.75) is 32.0 Å². The van der Waals surface area contributed by atoms with Crippen molar-refractivity contribution in [2.75, 3.05) is 27.7 Å². The Balaban J connectivity index is 2.78. The first-order chi connectivity index (χ1) is 6.49. The van der Waals surface area contributed by atoms with E-state index in [2.05, 4.69) is 36.0 Å². The van der Waals surface area contributed by atoms with E-state index in [1.807, 2.05) is 7.05 Å². The lowest BCUT2D eigenvalue weighted by molar-refractivity contribution is -0.130. The molecule has 0 bridgehead atoms. The summed E-state index contributed by atoms with van der Waals surface area (Å²) >= 11 is 0. The lowest BCUT2D eigenvalue weighted by Crippen LogP contribution is -2.63. The van der Waals surface area contributed by atoms with Crippen LogP contribution in [0.15, 0.2) is 0 Å². The number of hydrogen-bond donors (Lipinski definition) is 1. The summed E-state index contributed by atoms with van der Waals surface area (Å²) < 4.78 is 0. The molecule has 1 fully saturated rings. The summed E-state index contributed by atoms with van der Waals surface area (Å²) in [5.74, 6) is 0.110. The van der Waals surface area contributed by atoms with Crippen LogP contribution in [0.4, 0.5) is 0 Å². The Bertz CT molecular complexity index is 219. The third kappa shape index (κ3) is 1.91. The van der Waals surface area contributed by atoms with Crippen molar-refractivity contribution in [1.29, 1.82) is 0 Å². The fraction of sp³-hybridized carbons (Fsp3) is 0.900. The van der Waals surface area contributed by atoms with Crippen LogP contribution in [0.3, 0.4) is 0 Å². The Labute approximate surface area is 86.2 Å². The number of amides is 1. The molecule has 4 nitrogen and oxygen atoms in total. The summed E-state index contributed by atoms with van der Waals surface area (Å²) in [5, 5.41) is 2.72. The number of likely N-dealkylation sites (N-methyl/N-ethyl adjacent to an activating group) is 3. The van der Waals surface area contributed by atoms with Gasteiger partial charge in [-0.1, -0.05) is 0 Å². The fourth-order valence-electron chi connectivity index (χ4n) is 2.22. The summed E-state index contributed by atoms with van der Waals surface area (Å²) in [6.07, 6.45) is 0. The number of carbonyl (C=O) groups excluding carboxylic acids is 1. The fourth-order valence-corrected chi connectivity index (χ4v) is 2.22. The molecule has 1 aliphatic heterocycles. The molecule has 82 valence electrons. The molecule has 0 aromatic carbocycles. The van der Waals surface area contributed by atoms with Crippen molar-refractivity contribution >= 4 is 5.91 Å². The van der Waals surface area contributed by atoms with Crippen LogP contribution >= 0.6 is 0 Å². The SMILES string of the molecule is CC1C(C(=O)N[13CH3])[15N]([13CH3])[13CH2][13CH](C)[15N]1[13CH3]. The first-order valence-electron chi connectivity index (χ1n) is 5.12. The van der Waals surface area contributed by atoms with E-state index < -0.39 is 0 Å². The summed E-state index contributed by atoms with van der Waals surface area (Å²) in [4.78, 5) is 16.1. The maximum atomic E-state index is 11.7. The zero-order valence-corrected chi connectivity index (χ0v) is 9.74. The molecule has 0 aliphatic carbocycles. The number of hydrogen-bond acceptors (Lipinski definition) is 3. The van der Waals surface area contributed by atoms with Crippen molar-refractivity contribution < 1.29 is 4.79 Å². The highest BCUT2D eigenvalue weighted by Gasteiger charge is 2.37. The average molecular weight is 206 g/mol. The second-order valence-corrected chi connectivity index (χ2v) is 4.25. The van der Waals surface area contributed by atoms with Gasteiger partial charge >= 0.3 is 0 Å². The molecule has 1 N–H and O–H groups in total. The molecule has 14 heavy (non-hydrogen) atoms. The van der Waals surface area contributed by atoms with Crippen LogP contribution in [-0.2, 0) is 4.79 Å². The molecule has 0 spiro atoms. The van der Waals surface area contributed by atoms with E-state index in [-0.39, 0.29) is 18.0 Å². The van der Waals surface area contributed by atoms with Crippen LogP contribution in [0.5, 0.6) is 0 Å². The molecule has 1 aliphatic rings. The van der Waals surface area contributed by atoms with Crippen molar-refractivity contribution in [2.24, 2.45) is 0 Å². The number of nitrogens with zero attached hydrogens (tertiary/aromatic N) is 2. The van der Waals surface area contributed by atoms with E-state index in [0.717, 1.165) is 6.54 Å². The number of nitrogens with one attached hydrogen (secondary N) is 1. The predicted molar refractivity (Wildman–Crippen MR) is 57.2 cm³/mol. The minimum absolute atomic E-state index is 0.0267. The third-order valence-electron chi connectivity index (χ3n) is 3.34. The van der Waals surface area contributed by atoms with E-state index >= 15 is 0 Å². The van der Waals surface area contributed by atoms with Gasteiger partial charge in [-0.15, -0.1) is 0 Å². The first kappa shape index (κ1) is 11.5. The zero-order chi connectivity index (χ0) is 10.9. The molecule has 1 rings (SSSR count). The molecule has 1 amide bonds. The Morgan fingerprint density at radius 2 is 1.93 bits per heavy atom. The number of carbonyl (C=O) groups is 1. The van der Waals surface area contributed by atoms with Gasteiger partial charge in [-0.3, -0.25) is 14.6 Å². The highest BCUT2D eigenvalue weighted by molar-refractivity contribution is 5.82. The van der Waals surface area contributed by atoms with Gasteiger partial charge in [0.25, 0.3) is 0 Å². The summed E-state index contributed by atoms with van der Waals surface area (Å²) in [6, 6.07) is 0.751. The Kier molecular flexibility index (Phi) is 3.50. The third-order valence-corrected chi connectivity index (χ3v) is 3.34. The topological polar surface area (TPSA) is 35.6 Å². The van der Waals surface area contributed by atoms with Gasteiger partial charge in [0.2, 0.25) is 5.91 Å². The number of rotatable bonds is 1. The highest BCUT2D eigenvalue weighted by atomic mass is 16.2. The quantitative estimate of drug-likeness (QED) is 0.475. The van der Waals surface area contributed by atoms with E-state index in [1.54, 1.807) is 7.05 Å². The van der Waals surface area contributed by atoms with Gasteiger partial charge in [-0.25, -0.2) is 0 Å². The van der Waals surface area contributed by atoms with Gasteiger partial charge in [0.1, 0.15) is 6.04 Å². The van der Waals surface area contributed by atoms with Crippen LogP contribution in [0.1, 0.15) is 13.8 Å². The van der Waals surface area contributed by atoms with Gasteiger partial charge in [0, 0.05) is 25.7 Å². The van der Waals surface area contributed by atoms with Crippen molar-refractivity contribution in [3.8, 4) is 0 Å². The monoisotopic (exact) mass is 206 g/mol. The van der Waals surface area contributed by atoms with Gasteiger partial charge in [0.05, 0.1) is 0 Å². The standard InChI is InChI=1S/C10H21N3O/c1-7-6-12(4)9(10(14)11-3)8(2)13(7)5/h7-9H,6H2,1-5H3,(H,11,14)/i3+1,4+1,5+1,6+1,7+1,12+1,13+1. The largest absolute Gasteiger partial charge is 0.358 e. The van der Waals surface area contributed by atoms with E-state index in [9.17, 15) is 4.79 Å². The summed E-state index contributed by atoms with van der Waals surface area (Å²) in [7, 11) is 5.79. The average Bonchev–Trinajstić information content (AvgIpc) is 2.14. The first-order valence-corrected chi connectivity index (χ1v) is 5.12. The van der Waals surface area contributed by atoms with Gasteiger partial charge in [0.15, 0.2) is 0 Å². The smallest absolute Gasteiger partial charge is 0.238 e. The molecular weight excluding hydrogens is 185 g/mol. The van der Waals surface area contributed by atoms with E-state index in [1.165, 1.54) is 0 Å². The summed E-state index contributed by atoms with van der Waals surface area (Å²) in [6.45, 7) is 5.23. The van der Waals surface area contributed by atoms with Crippen molar-refractivity contribution in [3.05, 3.63) is 0 Å². The number of piperazine rings is 1. The van der Waals surface area contributed by atoms with Crippen LogP contribution < -0.4 is 5.32 Å². The van der Waals surface area contributed by atoms with E-state index in [4.69, 9.17) is 0 Å². The maximum Gasteiger partial charge on any atom is 0.238 e. The molecule has 4 heteroatoms. The van der Waals surface area contributed by atoms with Gasteiger partial charge in [-0.2, -0.15) is 0 Å². The molecule has 0 aromatic heterocycles. The highest BCUT2D eigenvalue weighted by Crippen LogP contribution is 2.18.